The van der Waals surface area contributed by atoms with E-state index in [2.05, 4.69) is 39.1 Å². The summed E-state index contributed by atoms with van der Waals surface area (Å²) in [4.78, 5) is 24.2. The number of hydrogen-bond acceptors (Lipinski definition) is 3. The molecule has 4 rings (SSSR count). The lowest BCUT2D eigenvalue weighted by Gasteiger charge is -2.34. The topological polar surface area (TPSA) is 52.2 Å². The summed E-state index contributed by atoms with van der Waals surface area (Å²) >= 11 is 0. The fraction of sp³-hybridized carbons (Fsp3) is 0.263. The molecule has 0 radical (unpaired) electrons. The number of aromatic amines is 1. The summed E-state index contributed by atoms with van der Waals surface area (Å²) in [6, 6.07) is 14.2. The van der Waals surface area contributed by atoms with Gasteiger partial charge in [-0.05, 0) is 29.7 Å². The molecule has 0 spiro atoms. The van der Waals surface area contributed by atoms with Crippen LogP contribution in [0.2, 0.25) is 0 Å². The molecule has 3 aromatic rings. The third-order valence-corrected chi connectivity index (χ3v) is 4.55. The van der Waals surface area contributed by atoms with Gasteiger partial charge >= 0.3 is 0 Å². The third-order valence-electron chi connectivity index (χ3n) is 4.55. The van der Waals surface area contributed by atoms with Crippen molar-refractivity contribution in [1.82, 2.24) is 19.8 Å². The van der Waals surface area contributed by atoms with Gasteiger partial charge in [0.2, 0.25) is 0 Å². The first-order valence-corrected chi connectivity index (χ1v) is 8.28. The van der Waals surface area contributed by atoms with Crippen molar-refractivity contribution in [3.05, 3.63) is 66.1 Å². The average Bonchev–Trinajstić information content (AvgIpc) is 3.05. The maximum absolute atomic E-state index is 12.4. The summed E-state index contributed by atoms with van der Waals surface area (Å²) in [7, 11) is 0. The molecule has 5 nitrogen and oxygen atoms in total. The van der Waals surface area contributed by atoms with Gasteiger partial charge in [-0.3, -0.25) is 14.7 Å². The molecular weight excluding hydrogens is 300 g/mol. The van der Waals surface area contributed by atoms with Crippen LogP contribution in [0.3, 0.4) is 0 Å². The van der Waals surface area contributed by atoms with Crippen molar-refractivity contribution in [2.45, 2.75) is 6.54 Å². The first-order chi connectivity index (χ1) is 11.8. The van der Waals surface area contributed by atoms with Crippen molar-refractivity contribution in [2.75, 3.05) is 26.2 Å². The number of fused-ring (bicyclic) bond motifs is 1. The van der Waals surface area contributed by atoms with Crippen LogP contribution >= 0.6 is 0 Å². The van der Waals surface area contributed by atoms with Gasteiger partial charge in [-0.25, -0.2) is 0 Å². The number of piperazine rings is 1. The van der Waals surface area contributed by atoms with Gasteiger partial charge in [0, 0.05) is 56.3 Å². The summed E-state index contributed by atoms with van der Waals surface area (Å²) < 4.78 is 0. The van der Waals surface area contributed by atoms with Crippen molar-refractivity contribution in [2.24, 2.45) is 0 Å². The molecule has 0 atom stereocenters. The van der Waals surface area contributed by atoms with Crippen LogP contribution in [-0.4, -0.2) is 51.9 Å². The van der Waals surface area contributed by atoms with Crippen LogP contribution in [0, 0.1) is 0 Å². The van der Waals surface area contributed by atoms with Gasteiger partial charge in [0.05, 0.1) is 5.56 Å². The Morgan fingerprint density at radius 3 is 2.67 bits per heavy atom. The summed E-state index contributed by atoms with van der Waals surface area (Å²) in [6.07, 6.45) is 3.33. The van der Waals surface area contributed by atoms with E-state index in [0.29, 0.717) is 5.56 Å². The molecule has 0 saturated carbocycles. The highest BCUT2D eigenvalue weighted by molar-refractivity contribution is 5.93. The van der Waals surface area contributed by atoms with Gasteiger partial charge in [0.1, 0.15) is 0 Å². The number of para-hydroxylation sites is 1. The zero-order chi connectivity index (χ0) is 16.4. The Hall–Kier alpha value is -2.66. The Labute approximate surface area is 140 Å². The van der Waals surface area contributed by atoms with Crippen molar-refractivity contribution >= 4 is 16.8 Å². The molecule has 122 valence electrons. The second-order valence-corrected chi connectivity index (χ2v) is 6.19. The van der Waals surface area contributed by atoms with E-state index in [-0.39, 0.29) is 5.91 Å². The van der Waals surface area contributed by atoms with Gasteiger partial charge in [-0.1, -0.05) is 18.2 Å². The minimum Gasteiger partial charge on any atom is -0.357 e. The molecule has 0 unspecified atom stereocenters. The maximum Gasteiger partial charge on any atom is 0.255 e. The minimum atomic E-state index is 0.0772. The lowest BCUT2D eigenvalue weighted by Crippen LogP contribution is -2.48. The van der Waals surface area contributed by atoms with Crippen LogP contribution in [0.15, 0.2) is 54.9 Å². The SMILES string of the molecule is O=C(c1cccnc1)N1CCN(Cc2cc3ccccc3[nH]2)CC1. The Bertz CT molecular complexity index is 802. The second kappa shape index (κ2) is 6.45. The quantitative estimate of drug-likeness (QED) is 0.807. The highest BCUT2D eigenvalue weighted by atomic mass is 16.2. The second-order valence-electron chi connectivity index (χ2n) is 6.19. The lowest BCUT2D eigenvalue weighted by molar-refractivity contribution is 0.0627. The summed E-state index contributed by atoms with van der Waals surface area (Å²) in [5.41, 5.74) is 3.07. The third kappa shape index (κ3) is 3.03. The van der Waals surface area contributed by atoms with Gasteiger partial charge in [0.25, 0.3) is 5.91 Å². The van der Waals surface area contributed by atoms with Crippen molar-refractivity contribution in [3.8, 4) is 0 Å². The monoisotopic (exact) mass is 320 g/mol. The Morgan fingerprint density at radius 2 is 1.92 bits per heavy atom. The normalized spacial score (nSPS) is 15.8. The van der Waals surface area contributed by atoms with Gasteiger partial charge in [-0.2, -0.15) is 0 Å². The Morgan fingerprint density at radius 1 is 1.08 bits per heavy atom. The maximum atomic E-state index is 12.4. The smallest absolute Gasteiger partial charge is 0.255 e. The molecule has 3 heterocycles. The van der Waals surface area contributed by atoms with Gasteiger partial charge < -0.3 is 9.88 Å². The fourth-order valence-corrected chi connectivity index (χ4v) is 3.24. The lowest BCUT2D eigenvalue weighted by atomic mass is 10.2. The number of benzene rings is 1. The van der Waals surface area contributed by atoms with E-state index in [4.69, 9.17) is 0 Å². The summed E-state index contributed by atoms with van der Waals surface area (Å²) in [5.74, 6) is 0.0772. The number of H-pyrrole nitrogens is 1. The number of carbonyl (C=O) groups excluding carboxylic acids is 1. The number of pyridine rings is 1. The molecule has 2 aromatic heterocycles. The van der Waals surface area contributed by atoms with E-state index in [9.17, 15) is 4.79 Å². The predicted molar refractivity (Wildman–Crippen MR) is 93.7 cm³/mol. The fourth-order valence-electron chi connectivity index (χ4n) is 3.24. The number of rotatable bonds is 3. The standard InChI is InChI=1S/C19H20N4O/c24-19(16-5-3-7-20-13-16)23-10-8-22(9-11-23)14-17-12-15-4-1-2-6-18(15)21-17/h1-7,12-13,21H,8-11,14H2. The van der Waals surface area contributed by atoms with E-state index in [1.54, 1.807) is 18.5 Å². The molecule has 1 amide bonds. The zero-order valence-corrected chi connectivity index (χ0v) is 13.5. The number of hydrogen-bond donors (Lipinski definition) is 1. The first-order valence-electron chi connectivity index (χ1n) is 8.28. The molecule has 0 aliphatic carbocycles. The number of nitrogens with one attached hydrogen (secondary N) is 1. The molecule has 0 bridgehead atoms. The van der Waals surface area contributed by atoms with Crippen molar-refractivity contribution in [3.63, 3.8) is 0 Å². The van der Waals surface area contributed by atoms with E-state index < -0.39 is 0 Å². The average molecular weight is 320 g/mol. The molecule has 1 aromatic carbocycles. The van der Waals surface area contributed by atoms with Gasteiger partial charge in [-0.15, -0.1) is 0 Å². The van der Waals surface area contributed by atoms with E-state index in [1.165, 1.54) is 16.6 Å². The minimum absolute atomic E-state index is 0.0772. The predicted octanol–water partition coefficient (Wildman–Crippen LogP) is 2.52. The van der Waals surface area contributed by atoms with Gasteiger partial charge in [0.15, 0.2) is 0 Å². The van der Waals surface area contributed by atoms with E-state index in [0.717, 1.165) is 32.7 Å². The number of aromatic nitrogens is 2. The van der Waals surface area contributed by atoms with Crippen LogP contribution in [0.5, 0.6) is 0 Å². The van der Waals surface area contributed by atoms with Crippen molar-refractivity contribution in [1.29, 1.82) is 0 Å². The van der Waals surface area contributed by atoms with Crippen molar-refractivity contribution < 1.29 is 4.79 Å². The number of nitrogens with zero attached hydrogens (tertiary/aromatic N) is 3. The highest BCUT2D eigenvalue weighted by Crippen LogP contribution is 2.17. The van der Waals surface area contributed by atoms with E-state index in [1.807, 2.05) is 17.0 Å². The van der Waals surface area contributed by atoms with Crippen LogP contribution in [0.25, 0.3) is 10.9 Å². The molecule has 1 aliphatic rings. The van der Waals surface area contributed by atoms with Crippen LogP contribution in [0.1, 0.15) is 16.1 Å². The summed E-state index contributed by atoms with van der Waals surface area (Å²) in [5, 5.41) is 1.25. The summed E-state index contributed by atoms with van der Waals surface area (Å²) in [6.45, 7) is 4.19. The highest BCUT2D eigenvalue weighted by Gasteiger charge is 2.22. The molecule has 5 heteroatoms. The molecule has 1 fully saturated rings. The van der Waals surface area contributed by atoms with Crippen LogP contribution in [0.4, 0.5) is 0 Å². The zero-order valence-electron chi connectivity index (χ0n) is 13.5. The molecule has 1 aliphatic heterocycles. The van der Waals surface area contributed by atoms with E-state index >= 15 is 0 Å². The molecule has 1 N–H and O–H groups in total. The van der Waals surface area contributed by atoms with Crippen LogP contribution < -0.4 is 0 Å². The Kier molecular flexibility index (Phi) is 4.01. The van der Waals surface area contributed by atoms with Crippen LogP contribution in [-0.2, 0) is 6.54 Å². The number of carbonyl (C=O) groups is 1. The molecular formula is C19H20N4O. The Balaban J connectivity index is 1.37. The largest absolute Gasteiger partial charge is 0.357 e. The number of amides is 1. The molecule has 1 saturated heterocycles. The first kappa shape index (κ1) is 14.9. The molecule has 24 heavy (non-hydrogen) atoms.